The number of aromatic nitrogens is 2. The Kier molecular flexibility index (Phi) is 4.14. The smallest absolute Gasteiger partial charge is 0.225 e. The summed E-state index contributed by atoms with van der Waals surface area (Å²) in [6, 6.07) is 17.6. The number of hydrogen-bond donors (Lipinski definition) is 0. The maximum Gasteiger partial charge on any atom is 0.225 e. The van der Waals surface area contributed by atoms with Crippen LogP contribution in [-0.2, 0) is 6.42 Å². The van der Waals surface area contributed by atoms with Crippen LogP contribution >= 0.6 is 22.9 Å². The maximum atomic E-state index is 6.36. The average Bonchev–Trinajstić information content (AvgIpc) is 3.17. The van der Waals surface area contributed by atoms with E-state index in [0.29, 0.717) is 11.3 Å². The van der Waals surface area contributed by atoms with Gasteiger partial charge in [-0.15, -0.1) is 11.3 Å². The molecule has 28 heavy (non-hydrogen) atoms. The number of fused-ring (bicyclic) bond motifs is 2. The maximum absolute atomic E-state index is 6.36. The van der Waals surface area contributed by atoms with Crippen LogP contribution in [0.3, 0.4) is 0 Å². The summed E-state index contributed by atoms with van der Waals surface area (Å²) in [5, 5.41) is 1.40. The minimum atomic E-state index is 0.302. The lowest BCUT2D eigenvalue weighted by Crippen LogP contribution is -2.25. The third kappa shape index (κ3) is 2.71. The van der Waals surface area contributed by atoms with Crippen molar-refractivity contribution in [1.29, 1.82) is 0 Å². The summed E-state index contributed by atoms with van der Waals surface area (Å²) in [6.45, 7) is 6.51. The van der Waals surface area contributed by atoms with E-state index in [9.17, 15) is 0 Å². The number of para-hydroxylation sites is 1. The second kappa shape index (κ2) is 6.57. The molecule has 0 fully saturated rings. The van der Waals surface area contributed by atoms with Crippen molar-refractivity contribution in [2.75, 3.05) is 4.90 Å². The van der Waals surface area contributed by atoms with Gasteiger partial charge in [0.25, 0.3) is 0 Å². The highest BCUT2D eigenvalue weighted by Gasteiger charge is 2.31. The molecule has 1 aliphatic rings. The van der Waals surface area contributed by atoms with Crippen LogP contribution in [0.15, 0.2) is 48.5 Å². The molecule has 2 aromatic heterocycles. The van der Waals surface area contributed by atoms with E-state index in [0.717, 1.165) is 22.5 Å². The van der Waals surface area contributed by atoms with Gasteiger partial charge in [0.05, 0.1) is 5.39 Å². The molecule has 0 aliphatic carbocycles. The third-order valence-corrected chi connectivity index (χ3v) is 6.63. The molecule has 0 bridgehead atoms. The first kappa shape index (κ1) is 17.7. The van der Waals surface area contributed by atoms with E-state index in [1.165, 1.54) is 32.8 Å². The van der Waals surface area contributed by atoms with Crippen molar-refractivity contribution in [3.05, 3.63) is 69.8 Å². The van der Waals surface area contributed by atoms with Crippen LogP contribution in [0.2, 0.25) is 5.28 Å². The molecule has 0 spiro atoms. The SMILES string of the molecule is Cc1ccc(-c2c(C)sc3nc(Cl)nc(N4c5ccccc5CC4C)c23)cc1. The molecule has 140 valence electrons. The minimum absolute atomic E-state index is 0.302. The van der Waals surface area contributed by atoms with Crippen molar-refractivity contribution in [3.8, 4) is 11.1 Å². The molecular formula is C23H20ClN3S. The standard InChI is InChI=1S/C23H20ClN3S/c1-13-8-10-16(11-9-13)19-15(3)28-22-20(19)21(25-23(24)26-22)27-14(2)12-17-6-4-5-7-18(17)27/h4-11,14H,12H2,1-3H3. The quantitative estimate of drug-likeness (QED) is 0.347. The summed E-state index contributed by atoms with van der Waals surface area (Å²) >= 11 is 8.05. The summed E-state index contributed by atoms with van der Waals surface area (Å²) in [7, 11) is 0. The highest BCUT2D eigenvalue weighted by Crippen LogP contribution is 2.46. The molecule has 5 rings (SSSR count). The fourth-order valence-electron chi connectivity index (χ4n) is 4.20. The van der Waals surface area contributed by atoms with Crippen LogP contribution in [0.25, 0.3) is 21.3 Å². The first-order valence-electron chi connectivity index (χ1n) is 9.43. The number of thiophene rings is 1. The Labute approximate surface area is 173 Å². The molecule has 5 heteroatoms. The Morgan fingerprint density at radius 1 is 1.04 bits per heavy atom. The van der Waals surface area contributed by atoms with Crippen LogP contribution in [0.4, 0.5) is 11.5 Å². The van der Waals surface area contributed by atoms with Gasteiger partial charge in [0.2, 0.25) is 5.28 Å². The Bertz CT molecular complexity index is 1200. The number of hydrogen-bond acceptors (Lipinski definition) is 4. The predicted octanol–water partition coefficient (Wildman–Crippen LogP) is 6.71. The number of nitrogens with zero attached hydrogens (tertiary/aromatic N) is 3. The van der Waals surface area contributed by atoms with Crippen molar-refractivity contribution in [2.45, 2.75) is 33.2 Å². The van der Waals surface area contributed by atoms with Gasteiger partial charge < -0.3 is 4.90 Å². The van der Waals surface area contributed by atoms with Crippen LogP contribution in [0.5, 0.6) is 0 Å². The van der Waals surface area contributed by atoms with Gasteiger partial charge in [-0.05, 0) is 56.0 Å². The average molecular weight is 406 g/mol. The molecule has 4 aromatic rings. The topological polar surface area (TPSA) is 29.0 Å². The fourth-order valence-corrected chi connectivity index (χ4v) is 5.45. The van der Waals surface area contributed by atoms with Gasteiger partial charge in [-0.2, -0.15) is 4.98 Å². The Morgan fingerprint density at radius 2 is 1.79 bits per heavy atom. The van der Waals surface area contributed by atoms with Gasteiger partial charge in [0.15, 0.2) is 0 Å². The van der Waals surface area contributed by atoms with Gasteiger partial charge in [0.1, 0.15) is 10.6 Å². The van der Waals surface area contributed by atoms with Gasteiger partial charge in [-0.1, -0.05) is 48.0 Å². The normalized spacial score (nSPS) is 16.0. The highest BCUT2D eigenvalue weighted by atomic mass is 35.5. The first-order valence-corrected chi connectivity index (χ1v) is 10.6. The second-order valence-corrected chi connectivity index (χ2v) is 8.99. The molecule has 1 unspecified atom stereocenters. The summed E-state index contributed by atoms with van der Waals surface area (Å²) in [4.78, 5) is 13.8. The lowest BCUT2D eigenvalue weighted by molar-refractivity contribution is 0.752. The van der Waals surface area contributed by atoms with Crippen molar-refractivity contribution in [1.82, 2.24) is 9.97 Å². The predicted molar refractivity (Wildman–Crippen MR) is 119 cm³/mol. The van der Waals surface area contributed by atoms with E-state index in [1.807, 2.05) is 0 Å². The van der Waals surface area contributed by atoms with Gasteiger partial charge in [-0.3, -0.25) is 0 Å². The van der Waals surface area contributed by atoms with Crippen molar-refractivity contribution in [2.24, 2.45) is 0 Å². The van der Waals surface area contributed by atoms with E-state index in [1.54, 1.807) is 11.3 Å². The number of aryl methyl sites for hydroxylation is 2. The monoisotopic (exact) mass is 405 g/mol. The van der Waals surface area contributed by atoms with Crippen molar-refractivity contribution in [3.63, 3.8) is 0 Å². The van der Waals surface area contributed by atoms with E-state index in [2.05, 4.69) is 79.2 Å². The molecule has 0 amide bonds. The van der Waals surface area contributed by atoms with Crippen LogP contribution in [0.1, 0.15) is 22.9 Å². The summed E-state index contributed by atoms with van der Waals surface area (Å²) in [5.41, 5.74) is 6.22. The molecule has 0 saturated carbocycles. The van der Waals surface area contributed by atoms with Gasteiger partial charge >= 0.3 is 0 Å². The minimum Gasteiger partial charge on any atom is -0.322 e. The second-order valence-electron chi connectivity index (χ2n) is 7.45. The summed E-state index contributed by atoms with van der Waals surface area (Å²) in [5.74, 6) is 0.910. The molecule has 3 nitrogen and oxygen atoms in total. The van der Waals surface area contributed by atoms with E-state index < -0.39 is 0 Å². The van der Waals surface area contributed by atoms with Crippen LogP contribution in [0, 0.1) is 13.8 Å². The highest BCUT2D eigenvalue weighted by molar-refractivity contribution is 7.19. The Balaban J connectivity index is 1.81. The van der Waals surface area contributed by atoms with Crippen LogP contribution < -0.4 is 4.90 Å². The third-order valence-electron chi connectivity index (χ3n) is 5.46. The van der Waals surface area contributed by atoms with Gasteiger partial charge in [-0.25, -0.2) is 4.98 Å². The molecule has 0 radical (unpaired) electrons. The zero-order chi connectivity index (χ0) is 19.4. The first-order chi connectivity index (χ1) is 13.5. The van der Waals surface area contributed by atoms with E-state index in [-0.39, 0.29) is 0 Å². The summed E-state index contributed by atoms with van der Waals surface area (Å²) in [6.07, 6.45) is 1.00. The lowest BCUT2D eigenvalue weighted by atomic mass is 10.0. The van der Waals surface area contributed by atoms with Crippen molar-refractivity contribution >= 4 is 44.7 Å². The Morgan fingerprint density at radius 3 is 2.57 bits per heavy atom. The molecule has 0 saturated heterocycles. The summed E-state index contributed by atoms with van der Waals surface area (Å²) < 4.78 is 0. The van der Waals surface area contributed by atoms with Crippen LogP contribution in [-0.4, -0.2) is 16.0 Å². The molecule has 0 N–H and O–H groups in total. The number of halogens is 1. The molecule has 3 heterocycles. The number of benzene rings is 2. The van der Waals surface area contributed by atoms with Gasteiger partial charge in [0, 0.05) is 22.2 Å². The molecule has 2 aromatic carbocycles. The number of anilines is 2. The van der Waals surface area contributed by atoms with E-state index >= 15 is 0 Å². The molecule has 1 aliphatic heterocycles. The van der Waals surface area contributed by atoms with Crippen molar-refractivity contribution < 1.29 is 0 Å². The Hall–Kier alpha value is -2.43. The zero-order valence-electron chi connectivity index (χ0n) is 16.0. The zero-order valence-corrected chi connectivity index (χ0v) is 17.6. The fraction of sp³-hybridized carbons (Fsp3) is 0.217. The molecule has 1 atom stereocenters. The van der Waals surface area contributed by atoms with E-state index in [4.69, 9.17) is 16.6 Å². The number of rotatable bonds is 2. The lowest BCUT2D eigenvalue weighted by Gasteiger charge is -2.25. The molecular weight excluding hydrogens is 386 g/mol. The largest absolute Gasteiger partial charge is 0.322 e.